The summed E-state index contributed by atoms with van der Waals surface area (Å²) in [5.74, 6) is 0.777. The minimum atomic E-state index is 0.458. The lowest BCUT2D eigenvalue weighted by Gasteiger charge is -2.12. The zero-order valence-corrected chi connectivity index (χ0v) is 7.60. The summed E-state index contributed by atoms with van der Waals surface area (Å²) in [6.45, 7) is 0. The van der Waals surface area contributed by atoms with Crippen molar-refractivity contribution >= 4 is 15.9 Å². The first-order chi connectivity index (χ1) is 4.84. The maximum atomic E-state index is 8.42. The van der Waals surface area contributed by atoms with Crippen molar-refractivity contribution in [3.8, 4) is 6.07 Å². The largest absolute Gasteiger partial charge is 0.198 e. The Morgan fingerprint density at radius 3 is 2.60 bits per heavy atom. The molecule has 1 atom stereocenters. The van der Waals surface area contributed by atoms with Crippen LogP contribution in [0.1, 0.15) is 32.1 Å². The van der Waals surface area contributed by atoms with Crippen LogP contribution < -0.4 is 0 Å². The van der Waals surface area contributed by atoms with Crippen LogP contribution in [0.3, 0.4) is 0 Å². The van der Waals surface area contributed by atoms with Crippen LogP contribution in [-0.4, -0.2) is 4.83 Å². The van der Waals surface area contributed by atoms with Gasteiger partial charge in [-0.2, -0.15) is 5.26 Å². The molecule has 0 amide bonds. The second-order valence-electron chi connectivity index (χ2n) is 2.92. The molecule has 0 aliphatic heterocycles. The SMILES string of the molecule is N#CCC(Br)C1CCCC1. The summed E-state index contributed by atoms with van der Waals surface area (Å²) >= 11 is 3.54. The summed E-state index contributed by atoms with van der Waals surface area (Å²) in [6.07, 6.45) is 6.02. The third kappa shape index (κ3) is 1.98. The molecule has 1 unspecified atom stereocenters. The van der Waals surface area contributed by atoms with Crippen LogP contribution >= 0.6 is 15.9 Å². The minimum absolute atomic E-state index is 0.458. The van der Waals surface area contributed by atoms with Crippen molar-refractivity contribution in [1.29, 1.82) is 5.26 Å². The van der Waals surface area contributed by atoms with Crippen molar-refractivity contribution in [2.75, 3.05) is 0 Å². The molecule has 0 radical (unpaired) electrons. The molecule has 0 saturated heterocycles. The van der Waals surface area contributed by atoms with Crippen LogP contribution in [0.4, 0.5) is 0 Å². The van der Waals surface area contributed by atoms with Gasteiger partial charge >= 0.3 is 0 Å². The van der Waals surface area contributed by atoms with Gasteiger partial charge in [0.05, 0.1) is 6.07 Å². The summed E-state index contributed by atoms with van der Waals surface area (Å²) in [7, 11) is 0. The van der Waals surface area contributed by atoms with Crippen LogP contribution in [0.2, 0.25) is 0 Å². The molecule has 0 aromatic heterocycles. The Balaban J connectivity index is 2.26. The Kier molecular flexibility index (Phi) is 3.21. The Bertz CT molecular complexity index is 133. The molecule has 1 rings (SSSR count). The van der Waals surface area contributed by atoms with E-state index in [0.29, 0.717) is 11.2 Å². The first kappa shape index (κ1) is 8.07. The van der Waals surface area contributed by atoms with Crippen LogP contribution in [0.25, 0.3) is 0 Å². The number of rotatable bonds is 2. The van der Waals surface area contributed by atoms with Gasteiger partial charge in [0.1, 0.15) is 0 Å². The van der Waals surface area contributed by atoms with Crippen molar-refractivity contribution in [2.45, 2.75) is 36.9 Å². The lowest BCUT2D eigenvalue weighted by molar-refractivity contribution is 0.532. The van der Waals surface area contributed by atoms with E-state index in [2.05, 4.69) is 22.0 Å². The normalized spacial score (nSPS) is 22.4. The Labute approximate surface area is 70.5 Å². The molecular weight excluding hydrogens is 190 g/mol. The van der Waals surface area contributed by atoms with Crippen LogP contribution in [0.5, 0.6) is 0 Å². The fourth-order valence-corrected chi connectivity index (χ4v) is 2.25. The predicted octanol–water partition coefficient (Wildman–Crippen LogP) is 2.85. The molecule has 1 nitrogen and oxygen atoms in total. The van der Waals surface area contributed by atoms with E-state index in [4.69, 9.17) is 5.26 Å². The fourth-order valence-electron chi connectivity index (χ4n) is 1.57. The summed E-state index contributed by atoms with van der Waals surface area (Å²) in [4.78, 5) is 0.458. The van der Waals surface area contributed by atoms with E-state index < -0.39 is 0 Å². The van der Waals surface area contributed by atoms with Gasteiger partial charge in [0.15, 0.2) is 0 Å². The number of hydrogen-bond donors (Lipinski definition) is 0. The molecule has 10 heavy (non-hydrogen) atoms. The van der Waals surface area contributed by atoms with Crippen molar-refractivity contribution in [1.82, 2.24) is 0 Å². The van der Waals surface area contributed by atoms with Gasteiger partial charge < -0.3 is 0 Å². The lowest BCUT2D eigenvalue weighted by Crippen LogP contribution is -2.09. The Morgan fingerprint density at radius 1 is 1.50 bits per heavy atom. The molecule has 0 bridgehead atoms. The van der Waals surface area contributed by atoms with E-state index in [9.17, 15) is 0 Å². The third-order valence-electron chi connectivity index (χ3n) is 2.20. The predicted molar refractivity (Wildman–Crippen MR) is 44.9 cm³/mol. The third-order valence-corrected chi connectivity index (χ3v) is 3.27. The Hall–Kier alpha value is -0.0300. The molecule has 1 aliphatic carbocycles. The molecule has 0 spiro atoms. The maximum Gasteiger partial charge on any atom is 0.0633 e. The van der Waals surface area contributed by atoms with Gasteiger partial charge in [0, 0.05) is 11.2 Å². The van der Waals surface area contributed by atoms with E-state index in [0.717, 1.165) is 5.92 Å². The summed E-state index contributed by atoms with van der Waals surface area (Å²) in [5, 5.41) is 8.42. The second kappa shape index (κ2) is 3.98. The average Bonchev–Trinajstić information content (AvgIpc) is 2.38. The highest BCUT2D eigenvalue weighted by atomic mass is 79.9. The Morgan fingerprint density at radius 2 is 2.10 bits per heavy atom. The zero-order valence-electron chi connectivity index (χ0n) is 6.02. The topological polar surface area (TPSA) is 23.8 Å². The van der Waals surface area contributed by atoms with E-state index in [1.54, 1.807) is 0 Å². The minimum Gasteiger partial charge on any atom is -0.198 e. The van der Waals surface area contributed by atoms with Gasteiger partial charge in [-0.1, -0.05) is 28.8 Å². The lowest BCUT2D eigenvalue weighted by atomic mass is 10.0. The summed E-state index contributed by atoms with van der Waals surface area (Å²) < 4.78 is 0. The number of alkyl halides is 1. The first-order valence-electron chi connectivity index (χ1n) is 3.85. The van der Waals surface area contributed by atoms with E-state index in [1.165, 1.54) is 25.7 Å². The standard InChI is InChI=1S/C8H12BrN/c9-8(5-6-10)7-3-1-2-4-7/h7-8H,1-5H2. The number of nitriles is 1. The van der Waals surface area contributed by atoms with E-state index in [1.807, 2.05) is 0 Å². The van der Waals surface area contributed by atoms with Gasteiger partial charge in [0.25, 0.3) is 0 Å². The van der Waals surface area contributed by atoms with Gasteiger partial charge in [-0.05, 0) is 18.8 Å². The van der Waals surface area contributed by atoms with Gasteiger partial charge in [-0.3, -0.25) is 0 Å². The molecule has 0 aromatic rings. The highest BCUT2D eigenvalue weighted by Crippen LogP contribution is 2.32. The summed E-state index contributed by atoms with van der Waals surface area (Å²) in [6, 6.07) is 2.20. The van der Waals surface area contributed by atoms with E-state index >= 15 is 0 Å². The molecule has 1 saturated carbocycles. The average molecular weight is 202 g/mol. The van der Waals surface area contributed by atoms with Crippen molar-refractivity contribution in [2.24, 2.45) is 5.92 Å². The summed E-state index contributed by atoms with van der Waals surface area (Å²) in [5.41, 5.74) is 0. The quantitative estimate of drug-likeness (QED) is 0.631. The molecule has 0 aromatic carbocycles. The van der Waals surface area contributed by atoms with Crippen LogP contribution in [0.15, 0.2) is 0 Å². The first-order valence-corrected chi connectivity index (χ1v) is 4.77. The maximum absolute atomic E-state index is 8.42. The molecule has 1 fully saturated rings. The van der Waals surface area contributed by atoms with E-state index in [-0.39, 0.29) is 0 Å². The molecule has 56 valence electrons. The molecule has 2 heteroatoms. The number of halogens is 1. The molecule has 0 heterocycles. The van der Waals surface area contributed by atoms with Gasteiger partial charge in [-0.15, -0.1) is 0 Å². The molecule has 0 N–H and O–H groups in total. The van der Waals surface area contributed by atoms with Gasteiger partial charge in [0.2, 0.25) is 0 Å². The van der Waals surface area contributed by atoms with Crippen molar-refractivity contribution in [3.63, 3.8) is 0 Å². The van der Waals surface area contributed by atoms with Crippen molar-refractivity contribution in [3.05, 3.63) is 0 Å². The monoisotopic (exact) mass is 201 g/mol. The zero-order chi connectivity index (χ0) is 7.40. The van der Waals surface area contributed by atoms with Crippen molar-refractivity contribution < 1.29 is 0 Å². The second-order valence-corrected chi connectivity index (χ2v) is 4.10. The highest BCUT2D eigenvalue weighted by Gasteiger charge is 2.21. The van der Waals surface area contributed by atoms with Crippen LogP contribution in [-0.2, 0) is 0 Å². The smallest absolute Gasteiger partial charge is 0.0633 e. The number of hydrogen-bond acceptors (Lipinski definition) is 1. The fraction of sp³-hybridized carbons (Fsp3) is 0.875. The molecule has 1 aliphatic rings. The highest BCUT2D eigenvalue weighted by molar-refractivity contribution is 9.09. The number of nitrogens with zero attached hydrogens (tertiary/aromatic N) is 1. The van der Waals surface area contributed by atoms with Crippen LogP contribution in [0, 0.1) is 17.2 Å². The van der Waals surface area contributed by atoms with Gasteiger partial charge in [-0.25, -0.2) is 0 Å². The molecular formula is C8H12BrN.